The number of hydrogen-bond donors (Lipinski definition) is 2. The maximum absolute atomic E-state index is 12.1. The number of likely N-dealkylation sites (tertiary alicyclic amines) is 2. The minimum Gasteiger partial charge on any atom is -0.490 e. The van der Waals surface area contributed by atoms with Crippen LogP contribution in [0.4, 0.5) is 10.5 Å². The van der Waals surface area contributed by atoms with Gasteiger partial charge >= 0.3 is 6.03 Å². The number of carbonyl (C=O) groups excluding carboxylic acids is 1. The van der Waals surface area contributed by atoms with E-state index in [2.05, 4.69) is 27.4 Å². The fourth-order valence-electron chi connectivity index (χ4n) is 4.73. The van der Waals surface area contributed by atoms with E-state index in [0.717, 1.165) is 56.5 Å². The number of rotatable bonds is 7. The average molecular weight is 401 g/mol. The van der Waals surface area contributed by atoms with Crippen molar-refractivity contribution in [2.75, 3.05) is 38.0 Å². The minimum atomic E-state index is -0.145. The van der Waals surface area contributed by atoms with E-state index in [1.165, 1.54) is 32.1 Å². The third-order valence-electron chi connectivity index (χ3n) is 6.86. The highest BCUT2D eigenvalue weighted by Crippen LogP contribution is 2.28. The van der Waals surface area contributed by atoms with Crippen LogP contribution in [0.5, 0.6) is 5.75 Å². The summed E-state index contributed by atoms with van der Waals surface area (Å²) >= 11 is 0. The molecule has 2 heterocycles. The van der Waals surface area contributed by atoms with E-state index in [4.69, 9.17) is 4.74 Å². The van der Waals surface area contributed by atoms with Crippen LogP contribution < -0.4 is 15.4 Å². The highest BCUT2D eigenvalue weighted by molar-refractivity contribution is 5.89. The van der Waals surface area contributed by atoms with Crippen LogP contribution in [-0.2, 0) is 0 Å². The fraction of sp³-hybridized carbons (Fsp3) is 0.696. The zero-order chi connectivity index (χ0) is 20.1. The van der Waals surface area contributed by atoms with E-state index in [1.807, 2.05) is 24.3 Å². The quantitative estimate of drug-likeness (QED) is 0.733. The van der Waals surface area contributed by atoms with Crippen molar-refractivity contribution >= 4 is 11.7 Å². The van der Waals surface area contributed by atoms with Crippen molar-refractivity contribution in [3.8, 4) is 5.75 Å². The third kappa shape index (κ3) is 5.64. The van der Waals surface area contributed by atoms with Crippen molar-refractivity contribution in [2.24, 2.45) is 0 Å². The monoisotopic (exact) mass is 400 g/mol. The second-order valence-corrected chi connectivity index (χ2v) is 8.87. The molecule has 2 aliphatic heterocycles. The molecule has 6 nitrogen and oxygen atoms in total. The summed E-state index contributed by atoms with van der Waals surface area (Å²) in [5, 5.41) is 5.86. The number of urea groups is 1. The highest BCUT2D eigenvalue weighted by atomic mass is 16.5. The van der Waals surface area contributed by atoms with Crippen LogP contribution in [0.3, 0.4) is 0 Å². The number of nitrogens with one attached hydrogen (secondary N) is 2. The average Bonchev–Trinajstić information content (AvgIpc) is 3.08. The van der Waals surface area contributed by atoms with Crippen LogP contribution in [0.15, 0.2) is 24.3 Å². The number of anilines is 1. The maximum atomic E-state index is 12.1. The molecule has 29 heavy (non-hydrogen) atoms. The summed E-state index contributed by atoms with van der Waals surface area (Å²) in [7, 11) is 0. The molecule has 0 aromatic heterocycles. The lowest BCUT2D eigenvalue weighted by molar-refractivity contribution is 0.0493. The topological polar surface area (TPSA) is 56.8 Å². The number of benzene rings is 1. The molecule has 1 atom stereocenters. The molecule has 0 spiro atoms. The summed E-state index contributed by atoms with van der Waals surface area (Å²) < 4.78 is 6.17. The lowest BCUT2D eigenvalue weighted by Gasteiger charge is -2.41. The minimum absolute atomic E-state index is 0.145. The Hall–Kier alpha value is -1.79. The largest absolute Gasteiger partial charge is 0.490 e. The van der Waals surface area contributed by atoms with Gasteiger partial charge in [0.2, 0.25) is 0 Å². The van der Waals surface area contributed by atoms with Crippen LogP contribution in [0.2, 0.25) is 0 Å². The van der Waals surface area contributed by atoms with Crippen molar-refractivity contribution in [1.29, 1.82) is 0 Å². The van der Waals surface area contributed by atoms with Crippen LogP contribution in [0, 0.1) is 0 Å². The Balaban J connectivity index is 1.15. The molecule has 2 saturated heterocycles. The predicted molar refractivity (Wildman–Crippen MR) is 117 cm³/mol. The molecule has 0 bridgehead atoms. The van der Waals surface area contributed by atoms with Gasteiger partial charge in [-0.1, -0.05) is 6.42 Å². The second kappa shape index (κ2) is 9.81. The number of nitrogens with zero attached hydrogens (tertiary/aromatic N) is 2. The van der Waals surface area contributed by atoms with E-state index in [1.54, 1.807) is 0 Å². The molecule has 2 amide bonds. The van der Waals surface area contributed by atoms with Gasteiger partial charge in [-0.2, -0.15) is 0 Å². The van der Waals surface area contributed by atoms with Crippen LogP contribution in [0.25, 0.3) is 0 Å². The lowest BCUT2D eigenvalue weighted by atomic mass is 9.90. The number of carbonyl (C=O) groups is 1. The van der Waals surface area contributed by atoms with E-state index in [9.17, 15) is 4.79 Å². The zero-order valence-electron chi connectivity index (χ0n) is 17.7. The molecule has 160 valence electrons. The molecule has 4 rings (SSSR count). The number of piperidine rings is 1. The molecule has 1 aromatic carbocycles. The Kier molecular flexibility index (Phi) is 6.93. The van der Waals surface area contributed by atoms with Gasteiger partial charge in [0.05, 0.1) is 0 Å². The molecule has 6 heteroatoms. The van der Waals surface area contributed by atoms with Gasteiger partial charge in [-0.05, 0) is 76.3 Å². The Labute approximate surface area is 175 Å². The normalized spacial score (nSPS) is 24.2. The lowest BCUT2D eigenvalue weighted by Crippen LogP contribution is -2.46. The van der Waals surface area contributed by atoms with E-state index >= 15 is 0 Å². The second-order valence-electron chi connectivity index (χ2n) is 8.87. The van der Waals surface area contributed by atoms with Crippen molar-refractivity contribution in [2.45, 2.75) is 70.1 Å². The molecule has 2 N–H and O–H groups in total. The van der Waals surface area contributed by atoms with Crippen molar-refractivity contribution in [3.05, 3.63) is 24.3 Å². The van der Waals surface area contributed by atoms with Crippen LogP contribution in [0.1, 0.15) is 51.9 Å². The Morgan fingerprint density at radius 3 is 2.41 bits per heavy atom. The van der Waals surface area contributed by atoms with Gasteiger partial charge in [-0.15, -0.1) is 0 Å². The van der Waals surface area contributed by atoms with Crippen LogP contribution >= 0.6 is 0 Å². The summed E-state index contributed by atoms with van der Waals surface area (Å²) in [6.07, 6.45) is 9.21. The number of amides is 2. The van der Waals surface area contributed by atoms with Gasteiger partial charge in [0.25, 0.3) is 0 Å². The smallest absolute Gasteiger partial charge is 0.319 e. The summed E-state index contributed by atoms with van der Waals surface area (Å²) in [6.45, 7) is 7.31. The van der Waals surface area contributed by atoms with Gasteiger partial charge in [0, 0.05) is 44.0 Å². The first-order chi connectivity index (χ1) is 14.2. The van der Waals surface area contributed by atoms with Gasteiger partial charge in [0.15, 0.2) is 0 Å². The zero-order valence-corrected chi connectivity index (χ0v) is 17.7. The van der Waals surface area contributed by atoms with Gasteiger partial charge in [0.1, 0.15) is 11.9 Å². The van der Waals surface area contributed by atoms with E-state index in [0.29, 0.717) is 18.7 Å². The SMILES string of the molecule is CC1CCCN1CCNC(=O)Nc1ccc(OC2CCN(C3CCC3)CC2)cc1. The Morgan fingerprint density at radius 2 is 1.79 bits per heavy atom. The first kappa shape index (κ1) is 20.5. The van der Waals surface area contributed by atoms with Crippen molar-refractivity contribution in [3.63, 3.8) is 0 Å². The van der Waals surface area contributed by atoms with Crippen molar-refractivity contribution in [1.82, 2.24) is 15.1 Å². The molecule has 3 aliphatic rings. The summed E-state index contributed by atoms with van der Waals surface area (Å²) in [4.78, 5) is 17.2. The predicted octanol–water partition coefficient (Wildman–Crippen LogP) is 3.69. The maximum Gasteiger partial charge on any atom is 0.319 e. The molecule has 3 fully saturated rings. The molecule has 1 aliphatic carbocycles. The standard InChI is InChI=1S/C23H36N4O2/c1-18-4-3-14-26(18)17-13-24-23(28)25-19-7-9-21(10-8-19)29-22-11-15-27(16-12-22)20-5-2-6-20/h7-10,18,20,22H,2-6,11-17H2,1H3,(H2,24,25,28). The fourth-order valence-corrected chi connectivity index (χ4v) is 4.73. The highest BCUT2D eigenvalue weighted by Gasteiger charge is 2.29. The van der Waals surface area contributed by atoms with Crippen molar-refractivity contribution < 1.29 is 9.53 Å². The molecule has 1 aromatic rings. The molecule has 0 radical (unpaired) electrons. The number of hydrogen-bond acceptors (Lipinski definition) is 4. The van der Waals surface area contributed by atoms with Crippen LogP contribution in [-0.4, -0.2) is 66.7 Å². The summed E-state index contributed by atoms with van der Waals surface area (Å²) in [5.41, 5.74) is 0.796. The van der Waals surface area contributed by atoms with E-state index < -0.39 is 0 Å². The number of ether oxygens (including phenoxy) is 1. The first-order valence-corrected chi connectivity index (χ1v) is 11.5. The molecule has 1 saturated carbocycles. The third-order valence-corrected chi connectivity index (χ3v) is 6.86. The Morgan fingerprint density at radius 1 is 1.03 bits per heavy atom. The first-order valence-electron chi connectivity index (χ1n) is 11.5. The Bertz CT molecular complexity index is 653. The summed E-state index contributed by atoms with van der Waals surface area (Å²) in [5.74, 6) is 0.890. The van der Waals surface area contributed by atoms with Gasteiger partial charge in [-0.3, -0.25) is 4.90 Å². The molecular formula is C23H36N4O2. The van der Waals surface area contributed by atoms with E-state index in [-0.39, 0.29) is 6.03 Å². The van der Waals surface area contributed by atoms with Gasteiger partial charge < -0.3 is 20.3 Å². The molecule has 1 unspecified atom stereocenters. The molecular weight excluding hydrogens is 364 g/mol. The summed E-state index contributed by atoms with van der Waals surface area (Å²) in [6, 6.07) is 9.08. The van der Waals surface area contributed by atoms with Gasteiger partial charge in [-0.25, -0.2) is 4.79 Å².